The van der Waals surface area contributed by atoms with Crippen LogP contribution in [0.4, 0.5) is 0 Å². The summed E-state index contributed by atoms with van der Waals surface area (Å²) in [6.45, 7) is 2.61. The van der Waals surface area contributed by atoms with Crippen LogP contribution in [0, 0.1) is 0 Å². The summed E-state index contributed by atoms with van der Waals surface area (Å²) in [5, 5.41) is 3.02. The number of hydrogen-bond acceptors (Lipinski definition) is 3. The zero-order chi connectivity index (χ0) is 19.5. The minimum Gasteiger partial charge on any atom is -0.351 e. The van der Waals surface area contributed by atoms with Gasteiger partial charge in [-0.25, -0.2) is 13.1 Å². The van der Waals surface area contributed by atoms with Gasteiger partial charge >= 0.3 is 0 Å². The second kappa shape index (κ2) is 8.12. The Kier molecular flexibility index (Phi) is 6.03. The molecule has 2 aromatic rings. The lowest BCUT2D eigenvalue weighted by atomic mass is 9.64. The first-order valence-corrected chi connectivity index (χ1v) is 11.3. The zero-order valence-corrected chi connectivity index (χ0v) is 17.6. The number of amides is 1. The standard InChI is InChI=1S/C20H23BrN2O3S/c1-2-23-27(25,26)18-9-7-15(8-10-18)19(24)22-14-20(11-4-12-20)16-5-3-6-17(21)13-16/h3,5-10,13,23H,2,4,11-12,14H2,1H3,(H,22,24). The molecule has 0 radical (unpaired) electrons. The normalized spacial score (nSPS) is 15.8. The van der Waals surface area contributed by atoms with Gasteiger partial charge in [0, 0.05) is 28.5 Å². The number of rotatable bonds is 7. The molecule has 0 atom stereocenters. The van der Waals surface area contributed by atoms with E-state index in [9.17, 15) is 13.2 Å². The summed E-state index contributed by atoms with van der Waals surface area (Å²) in [5.41, 5.74) is 1.66. The van der Waals surface area contributed by atoms with Gasteiger partial charge < -0.3 is 5.32 Å². The summed E-state index contributed by atoms with van der Waals surface area (Å²) in [6, 6.07) is 14.3. The quantitative estimate of drug-likeness (QED) is 0.676. The van der Waals surface area contributed by atoms with Gasteiger partial charge in [0.25, 0.3) is 5.91 Å². The van der Waals surface area contributed by atoms with E-state index in [-0.39, 0.29) is 16.2 Å². The minimum atomic E-state index is -3.51. The maximum Gasteiger partial charge on any atom is 0.251 e. The van der Waals surface area contributed by atoms with Gasteiger partial charge in [0.2, 0.25) is 10.0 Å². The van der Waals surface area contributed by atoms with Crippen molar-refractivity contribution in [3.05, 3.63) is 64.1 Å². The molecule has 0 aromatic heterocycles. The molecule has 2 aromatic carbocycles. The summed E-state index contributed by atoms with van der Waals surface area (Å²) in [4.78, 5) is 12.7. The Bertz CT molecular complexity index is 922. The Morgan fingerprint density at radius 2 is 1.85 bits per heavy atom. The van der Waals surface area contributed by atoms with Crippen molar-refractivity contribution >= 4 is 31.9 Å². The molecule has 0 heterocycles. The molecule has 2 N–H and O–H groups in total. The molecular formula is C20H23BrN2O3S. The molecule has 144 valence electrons. The topological polar surface area (TPSA) is 75.3 Å². The maximum atomic E-state index is 12.5. The SMILES string of the molecule is CCNS(=O)(=O)c1ccc(C(=O)NCC2(c3cccc(Br)c3)CCC2)cc1. The smallest absolute Gasteiger partial charge is 0.251 e. The molecule has 0 unspecified atom stereocenters. The number of carbonyl (C=O) groups excluding carboxylic acids is 1. The Hall–Kier alpha value is -1.70. The lowest BCUT2D eigenvalue weighted by Gasteiger charge is -2.42. The van der Waals surface area contributed by atoms with Gasteiger partial charge in [0.1, 0.15) is 0 Å². The fourth-order valence-electron chi connectivity index (χ4n) is 3.40. The number of hydrogen-bond donors (Lipinski definition) is 2. The Balaban J connectivity index is 1.68. The molecule has 1 aliphatic rings. The molecule has 3 rings (SSSR count). The highest BCUT2D eigenvalue weighted by atomic mass is 79.9. The van der Waals surface area contributed by atoms with Crippen molar-refractivity contribution in [3.8, 4) is 0 Å². The van der Waals surface area contributed by atoms with Crippen LogP contribution >= 0.6 is 15.9 Å². The first-order valence-electron chi connectivity index (χ1n) is 9.00. The van der Waals surface area contributed by atoms with Crippen LogP contribution in [0.2, 0.25) is 0 Å². The highest BCUT2D eigenvalue weighted by Gasteiger charge is 2.39. The van der Waals surface area contributed by atoms with Crippen LogP contribution in [0.5, 0.6) is 0 Å². The second-order valence-corrected chi connectivity index (χ2v) is 9.54. The van der Waals surface area contributed by atoms with Crippen LogP contribution in [0.25, 0.3) is 0 Å². The molecule has 0 aliphatic heterocycles. The van der Waals surface area contributed by atoms with Crippen LogP contribution in [0.1, 0.15) is 42.1 Å². The summed E-state index contributed by atoms with van der Waals surface area (Å²) in [5.74, 6) is -0.191. The van der Waals surface area contributed by atoms with E-state index in [0.29, 0.717) is 18.7 Å². The van der Waals surface area contributed by atoms with Crippen molar-refractivity contribution in [1.29, 1.82) is 0 Å². The largest absolute Gasteiger partial charge is 0.351 e. The van der Waals surface area contributed by atoms with Crippen LogP contribution in [-0.2, 0) is 15.4 Å². The van der Waals surface area contributed by atoms with E-state index < -0.39 is 10.0 Å². The van der Waals surface area contributed by atoms with Gasteiger partial charge in [-0.05, 0) is 54.8 Å². The van der Waals surface area contributed by atoms with Crippen molar-refractivity contribution < 1.29 is 13.2 Å². The van der Waals surface area contributed by atoms with Gasteiger partial charge in [0.05, 0.1) is 4.90 Å². The predicted octanol–water partition coefficient (Wildman–Crippen LogP) is 3.60. The van der Waals surface area contributed by atoms with Crippen LogP contribution in [-0.4, -0.2) is 27.4 Å². The zero-order valence-electron chi connectivity index (χ0n) is 15.2. The van der Waals surface area contributed by atoms with E-state index in [4.69, 9.17) is 0 Å². The first-order chi connectivity index (χ1) is 12.9. The summed E-state index contributed by atoms with van der Waals surface area (Å²) >= 11 is 3.52. The Morgan fingerprint density at radius 1 is 1.15 bits per heavy atom. The monoisotopic (exact) mass is 450 g/mol. The number of nitrogens with one attached hydrogen (secondary N) is 2. The molecule has 1 amide bonds. The molecular weight excluding hydrogens is 428 g/mol. The molecule has 27 heavy (non-hydrogen) atoms. The summed E-state index contributed by atoms with van der Waals surface area (Å²) < 4.78 is 27.4. The van der Waals surface area contributed by atoms with Crippen molar-refractivity contribution in [2.45, 2.75) is 36.5 Å². The van der Waals surface area contributed by atoms with Crippen molar-refractivity contribution in [3.63, 3.8) is 0 Å². The molecule has 7 heteroatoms. The Morgan fingerprint density at radius 3 is 2.41 bits per heavy atom. The van der Waals surface area contributed by atoms with E-state index in [0.717, 1.165) is 23.7 Å². The first kappa shape index (κ1) is 20.0. The summed E-state index contributed by atoms with van der Waals surface area (Å²) in [6.07, 6.45) is 3.24. The van der Waals surface area contributed by atoms with E-state index in [2.05, 4.69) is 38.1 Å². The van der Waals surface area contributed by atoms with Crippen LogP contribution in [0.3, 0.4) is 0 Å². The highest BCUT2D eigenvalue weighted by molar-refractivity contribution is 9.10. The fourth-order valence-corrected chi connectivity index (χ4v) is 4.84. The molecule has 1 fully saturated rings. The lowest BCUT2D eigenvalue weighted by molar-refractivity contribution is 0.0927. The van der Waals surface area contributed by atoms with E-state index >= 15 is 0 Å². The van der Waals surface area contributed by atoms with Crippen molar-refractivity contribution in [2.24, 2.45) is 0 Å². The minimum absolute atomic E-state index is 0.0201. The van der Waals surface area contributed by atoms with Crippen molar-refractivity contribution in [1.82, 2.24) is 10.0 Å². The number of halogens is 1. The van der Waals surface area contributed by atoms with Gasteiger partial charge in [-0.1, -0.05) is 41.4 Å². The lowest BCUT2D eigenvalue weighted by Crippen LogP contribution is -2.45. The number of sulfonamides is 1. The molecule has 0 spiro atoms. The average Bonchev–Trinajstić information content (AvgIpc) is 2.61. The van der Waals surface area contributed by atoms with Gasteiger partial charge in [-0.2, -0.15) is 0 Å². The molecule has 1 saturated carbocycles. The van der Waals surface area contributed by atoms with E-state index in [1.54, 1.807) is 19.1 Å². The Labute approximate surface area is 168 Å². The molecule has 0 bridgehead atoms. The second-order valence-electron chi connectivity index (χ2n) is 6.85. The van der Waals surface area contributed by atoms with Gasteiger partial charge in [-0.15, -0.1) is 0 Å². The van der Waals surface area contributed by atoms with Gasteiger partial charge in [-0.3, -0.25) is 4.79 Å². The van der Waals surface area contributed by atoms with Crippen molar-refractivity contribution in [2.75, 3.05) is 13.1 Å². The fraction of sp³-hybridized carbons (Fsp3) is 0.350. The molecule has 5 nitrogen and oxygen atoms in total. The predicted molar refractivity (Wildman–Crippen MR) is 109 cm³/mol. The third-order valence-corrected chi connectivity index (χ3v) is 7.15. The highest BCUT2D eigenvalue weighted by Crippen LogP contribution is 2.43. The van der Waals surface area contributed by atoms with E-state index in [1.165, 1.54) is 17.7 Å². The number of carbonyl (C=O) groups is 1. The van der Waals surface area contributed by atoms with Gasteiger partial charge in [0.15, 0.2) is 0 Å². The van der Waals surface area contributed by atoms with E-state index in [1.807, 2.05) is 12.1 Å². The molecule has 0 saturated heterocycles. The number of benzene rings is 2. The third kappa shape index (κ3) is 4.42. The average molecular weight is 451 g/mol. The van der Waals surface area contributed by atoms with Crippen LogP contribution in [0.15, 0.2) is 57.9 Å². The summed E-state index contributed by atoms with van der Waals surface area (Å²) in [7, 11) is -3.51. The molecule has 1 aliphatic carbocycles. The third-order valence-electron chi connectivity index (χ3n) is 5.10. The van der Waals surface area contributed by atoms with Crippen LogP contribution < -0.4 is 10.0 Å². The maximum absolute atomic E-state index is 12.5.